The maximum absolute atomic E-state index is 12.2. The summed E-state index contributed by atoms with van der Waals surface area (Å²) in [5, 5.41) is 7.07. The quantitative estimate of drug-likeness (QED) is 0.754. The van der Waals surface area contributed by atoms with Gasteiger partial charge in [0.15, 0.2) is 5.13 Å². The zero-order valence-corrected chi connectivity index (χ0v) is 13.2. The summed E-state index contributed by atoms with van der Waals surface area (Å²) >= 11 is 1.35. The molecule has 1 aliphatic rings. The second-order valence-electron chi connectivity index (χ2n) is 6.01. The molecule has 0 saturated heterocycles. The van der Waals surface area contributed by atoms with Crippen LogP contribution < -0.4 is 16.4 Å². The minimum atomic E-state index is -0.116. The van der Waals surface area contributed by atoms with E-state index in [1.807, 2.05) is 6.92 Å². The van der Waals surface area contributed by atoms with Gasteiger partial charge in [-0.2, -0.15) is 0 Å². The Balaban J connectivity index is 1.94. The standard InChI is InChI=1S/C14H24N4OS/c1-8(2)7-9(3)16-13(19)11-12(15)18-14(20-11)17-10-5-4-6-10/h8-10H,4-7,15H2,1-3H3,(H,16,19)(H,17,18). The zero-order chi connectivity index (χ0) is 14.7. The van der Waals surface area contributed by atoms with Gasteiger partial charge < -0.3 is 16.4 Å². The van der Waals surface area contributed by atoms with Gasteiger partial charge in [0.1, 0.15) is 10.7 Å². The number of amides is 1. The van der Waals surface area contributed by atoms with Gasteiger partial charge in [0.05, 0.1) is 0 Å². The Morgan fingerprint density at radius 3 is 2.70 bits per heavy atom. The highest BCUT2D eigenvalue weighted by molar-refractivity contribution is 7.18. The molecule has 1 amide bonds. The topological polar surface area (TPSA) is 80.0 Å². The third kappa shape index (κ3) is 3.85. The molecule has 0 bridgehead atoms. The lowest BCUT2D eigenvalue weighted by Gasteiger charge is -2.25. The van der Waals surface area contributed by atoms with Crippen molar-refractivity contribution in [1.82, 2.24) is 10.3 Å². The fourth-order valence-electron chi connectivity index (χ4n) is 2.34. The number of nitrogens with one attached hydrogen (secondary N) is 2. The Morgan fingerprint density at radius 1 is 1.45 bits per heavy atom. The number of hydrogen-bond donors (Lipinski definition) is 3. The van der Waals surface area contributed by atoms with E-state index >= 15 is 0 Å². The minimum absolute atomic E-state index is 0.116. The molecule has 5 nitrogen and oxygen atoms in total. The normalized spacial score (nSPS) is 16.8. The smallest absolute Gasteiger partial charge is 0.265 e. The minimum Gasteiger partial charge on any atom is -0.382 e. The molecule has 1 aliphatic carbocycles. The fourth-order valence-corrected chi connectivity index (χ4v) is 3.20. The van der Waals surface area contributed by atoms with E-state index in [1.54, 1.807) is 0 Å². The molecule has 1 aromatic rings. The van der Waals surface area contributed by atoms with E-state index in [0.29, 0.717) is 22.7 Å². The second kappa shape index (κ2) is 6.43. The number of hydrogen-bond acceptors (Lipinski definition) is 5. The van der Waals surface area contributed by atoms with Crippen LogP contribution >= 0.6 is 11.3 Å². The number of carbonyl (C=O) groups excluding carboxylic acids is 1. The summed E-state index contributed by atoms with van der Waals surface area (Å²) in [5.41, 5.74) is 5.85. The molecule has 1 unspecified atom stereocenters. The van der Waals surface area contributed by atoms with Crippen molar-refractivity contribution in [3.05, 3.63) is 4.88 Å². The number of aromatic nitrogens is 1. The van der Waals surface area contributed by atoms with Gasteiger partial charge >= 0.3 is 0 Å². The van der Waals surface area contributed by atoms with Gasteiger partial charge in [-0.1, -0.05) is 25.2 Å². The monoisotopic (exact) mass is 296 g/mol. The van der Waals surface area contributed by atoms with E-state index in [-0.39, 0.29) is 11.9 Å². The van der Waals surface area contributed by atoms with Gasteiger partial charge in [0.25, 0.3) is 5.91 Å². The number of nitrogens with two attached hydrogens (primary N) is 1. The number of thiazole rings is 1. The maximum atomic E-state index is 12.2. The average Bonchev–Trinajstić information content (AvgIpc) is 2.64. The molecule has 4 N–H and O–H groups in total. The Bertz CT molecular complexity index is 468. The number of carbonyl (C=O) groups is 1. The highest BCUT2D eigenvalue weighted by Crippen LogP contribution is 2.29. The first-order chi connectivity index (χ1) is 9.45. The molecule has 0 aromatic carbocycles. The summed E-state index contributed by atoms with van der Waals surface area (Å²) < 4.78 is 0. The predicted octanol–water partition coefficient (Wildman–Crippen LogP) is 2.85. The molecule has 1 aromatic heterocycles. The van der Waals surface area contributed by atoms with Gasteiger partial charge in [0, 0.05) is 12.1 Å². The predicted molar refractivity (Wildman–Crippen MR) is 84.2 cm³/mol. The van der Waals surface area contributed by atoms with Crippen LogP contribution in [0.1, 0.15) is 56.1 Å². The van der Waals surface area contributed by atoms with Crippen molar-refractivity contribution in [2.24, 2.45) is 5.92 Å². The Labute approximate surface area is 124 Å². The molecule has 1 atom stereocenters. The molecule has 1 heterocycles. The van der Waals surface area contributed by atoms with E-state index in [4.69, 9.17) is 5.73 Å². The maximum Gasteiger partial charge on any atom is 0.265 e. The fraction of sp³-hybridized carbons (Fsp3) is 0.714. The van der Waals surface area contributed by atoms with Gasteiger partial charge in [-0.25, -0.2) is 4.98 Å². The van der Waals surface area contributed by atoms with E-state index in [0.717, 1.165) is 11.6 Å². The third-order valence-corrected chi connectivity index (χ3v) is 4.50. The van der Waals surface area contributed by atoms with Crippen molar-refractivity contribution >= 4 is 28.2 Å². The first kappa shape index (κ1) is 15.1. The highest BCUT2D eigenvalue weighted by Gasteiger charge is 2.22. The Kier molecular flexibility index (Phi) is 4.86. The second-order valence-corrected chi connectivity index (χ2v) is 7.01. The van der Waals surface area contributed by atoms with Gasteiger partial charge in [-0.15, -0.1) is 0 Å². The molecule has 20 heavy (non-hydrogen) atoms. The van der Waals surface area contributed by atoms with Gasteiger partial charge in [0.2, 0.25) is 0 Å². The van der Waals surface area contributed by atoms with Crippen molar-refractivity contribution in [1.29, 1.82) is 0 Å². The van der Waals surface area contributed by atoms with Crippen LogP contribution in [0.15, 0.2) is 0 Å². The largest absolute Gasteiger partial charge is 0.382 e. The lowest BCUT2D eigenvalue weighted by Crippen LogP contribution is -2.33. The molecule has 112 valence electrons. The van der Waals surface area contributed by atoms with E-state index in [2.05, 4.69) is 29.5 Å². The lowest BCUT2D eigenvalue weighted by atomic mass is 9.93. The molecule has 0 aliphatic heterocycles. The first-order valence-electron chi connectivity index (χ1n) is 7.29. The molecular weight excluding hydrogens is 272 g/mol. The van der Waals surface area contributed by atoms with Crippen LogP contribution in [-0.2, 0) is 0 Å². The highest BCUT2D eigenvalue weighted by atomic mass is 32.1. The van der Waals surface area contributed by atoms with Gasteiger partial charge in [-0.3, -0.25) is 4.79 Å². The molecular formula is C14H24N4OS. The van der Waals surface area contributed by atoms with Crippen LogP contribution in [0, 0.1) is 5.92 Å². The third-order valence-electron chi connectivity index (χ3n) is 3.49. The van der Waals surface area contributed by atoms with Crippen LogP contribution in [0.4, 0.5) is 10.9 Å². The average molecular weight is 296 g/mol. The van der Waals surface area contributed by atoms with Crippen LogP contribution in [0.2, 0.25) is 0 Å². The first-order valence-corrected chi connectivity index (χ1v) is 8.11. The van der Waals surface area contributed by atoms with Crippen molar-refractivity contribution in [2.45, 2.75) is 58.5 Å². The molecule has 0 spiro atoms. The SMILES string of the molecule is CC(C)CC(C)NC(=O)c1sc(NC2CCC2)nc1N. The summed E-state index contributed by atoms with van der Waals surface area (Å²) in [7, 11) is 0. The zero-order valence-electron chi connectivity index (χ0n) is 12.4. The summed E-state index contributed by atoms with van der Waals surface area (Å²) in [4.78, 5) is 17.0. The number of anilines is 2. The number of rotatable bonds is 6. The summed E-state index contributed by atoms with van der Waals surface area (Å²) in [6.45, 7) is 6.30. The van der Waals surface area contributed by atoms with Crippen molar-refractivity contribution in [3.63, 3.8) is 0 Å². The molecule has 2 rings (SSSR count). The molecule has 0 radical (unpaired) electrons. The Hall–Kier alpha value is -1.30. The van der Waals surface area contributed by atoms with Crippen LogP contribution in [0.5, 0.6) is 0 Å². The van der Waals surface area contributed by atoms with Crippen molar-refractivity contribution in [2.75, 3.05) is 11.1 Å². The van der Waals surface area contributed by atoms with Crippen LogP contribution in [-0.4, -0.2) is 23.0 Å². The van der Waals surface area contributed by atoms with Crippen molar-refractivity contribution < 1.29 is 4.79 Å². The molecule has 1 fully saturated rings. The molecule has 1 saturated carbocycles. The Morgan fingerprint density at radius 2 is 2.15 bits per heavy atom. The summed E-state index contributed by atoms with van der Waals surface area (Å²) in [6.07, 6.45) is 4.56. The number of nitrogens with zero attached hydrogens (tertiary/aromatic N) is 1. The van der Waals surface area contributed by atoms with E-state index in [1.165, 1.54) is 30.6 Å². The van der Waals surface area contributed by atoms with Gasteiger partial charge in [-0.05, 0) is 38.5 Å². The number of nitrogen functional groups attached to an aromatic ring is 1. The summed E-state index contributed by atoms with van der Waals surface area (Å²) in [5.74, 6) is 0.765. The van der Waals surface area contributed by atoms with E-state index in [9.17, 15) is 4.79 Å². The van der Waals surface area contributed by atoms with Crippen LogP contribution in [0.3, 0.4) is 0 Å². The molecule has 6 heteroatoms. The summed E-state index contributed by atoms with van der Waals surface area (Å²) in [6, 6.07) is 0.642. The van der Waals surface area contributed by atoms with Crippen LogP contribution in [0.25, 0.3) is 0 Å². The van der Waals surface area contributed by atoms with Crippen molar-refractivity contribution in [3.8, 4) is 0 Å². The van der Waals surface area contributed by atoms with E-state index < -0.39 is 0 Å². The lowest BCUT2D eigenvalue weighted by molar-refractivity contribution is 0.0941.